The molecular weight excluding hydrogens is 511 g/mol. The normalized spacial score (nSPS) is 15.8. The summed E-state index contributed by atoms with van der Waals surface area (Å²) in [6.45, 7) is 0.131. The molecule has 2 N–H and O–H groups in total. The van der Waals surface area contributed by atoms with E-state index in [1.54, 1.807) is 15.3 Å². The van der Waals surface area contributed by atoms with Crippen LogP contribution in [0.3, 0.4) is 0 Å². The Kier molecular flexibility index (Phi) is 6.76. The van der Waals surface area contributed by atoms with Gasteiger partial charge in [-0.1, -0.05) is 36.4 Å². The van der Waals surface area contributed by atoms with Crippen molar-refractivity contribution in [3.8, 4) is 6.07 Å². The molecule has 0 aliphatic carbocycles. The molecule has 1 aliphatic rings. The van der Waals surface area contributed by atoms with E-state index in [0.29, 0.717) is 29.1 Å². The lowest BCUT2D eigenvalue weighted by atomic mass is 9.91. The Morgan fingerprint density at radius 2 is 1.90 bits per heavy atom. The van der Waals surface area contributed by atoms with Gasteiger partial charge >= 0.3 is 12.1 Å². The Morgan fingerprint density at radius 1 is 1.13 bits per heavy atom. The van der Waals surface area contributed by atoms with Crippen LogP contribution >= 0.6 is 0 Å². The number of halogens is 3. The zero-order valence-electron chi connectivity index (χ0n) is 20.6. The first kappa shape index (κ1) is 26.2. The molecule has 8 nitrogen and oxygen atoms in total. The van der Waals surface area contributed by atoms with Crippen LogP contribution in [0.1, 0.15) is 28.2 Å². The van der Waals surface area contributed by atoms with E-state index < -0.39 is 24.3 Å². The van der Waals surface area contributed by atoms with Crippen molar-refractivity contribution in [3.05, 3.63) is 95.2 Å². The first-order chi connectivity index (χ1) is 18.6. The predicted molar refractivity (Wildman–Crippen MR) is 136 cm³/mol. The van der Waals surface area contributed by atoms with Gasteiger partial charge in [-0.15, -0.1) is 0 Å². The van der Waals surface area contributed by atoms with Crippen molar-refractivity contribution < 1.29 is 28.2 Å². The predicted octanol–water partition coefficient (Wildman–Crippen LogP) is 4.12. The van der Waals surface area contributed by atoms with Crippen LogP contribution in [-0.2, 0) is 30.0 Å². The van der Waals surface area contributed by atoms with Crippen LogP contribution in [0.25, 0.3) is 17.0 Å². The van der Waals surface area contributed by atoms with Gasteiger partial charge in [0.15, 0.2) is 0 Å². The van der Waals surface area contributed by atoms with E-state index in [0.717, 1.165) is 11.6 Å². The number of nitriles is 1. The van der Waals surface area contributed by atoms with Gasteiger partial charge in [-0.25, -0.2) is 9.78 Å². The Labute approximate surface area is 221 Å². The third kappa shape index (κ3) is 5.16. The minimum absolute atomic E-state index is 0.0422. The maximum atomic E-state index is 14.7. The third-order valence-electron chi connectivity index (χ3n) is 6.87. The summed E-state index contributed by atoms with van der Waals surface area (Å²) in [6, 6.07) is 15.7. The fraction of sp³-hybridized carbons (Fsp3) is 0.250. The lowest BCUT2D eigenvalue weighted by Gasteiger charge is -2.37. The van der Waals surface area contributed by atoms with Gasteiger partial charge in [0.25, 0.3) is 0 Å². The second-order valence-corrected chi connectivity index (χ2v) is 9.52. The van der Waals surface area contributed by atoms with Gasteiger partial charge in [0.05, 0.1) is 29.4 Å². The average molecular weight is 536 g/mol. The number of fused-ring (bicyclic) bond motifs is 2. The first-order valence-corrected chi connectivity index (χ1v) is 12.1. The number of carboxylic acids is 1. The number of nitrogens with zero attached hydrogens (tertiary/aromatic N) is 5. The van der Waals surface area contributed by atoms with Gasteiger partial charge in [-0.05, 0) is 23.8 Å². The van der Waals surface area contributed by atoms with E-state index in [1.807, 2.05) is 36.4 Å². The number of β-amino-alcohol motifs (C(OH)–C–C–N with tert-alkyl or cyclic N) is 1. The van der Waals surface area contributed by atoms with Crippen LogP contribution in [0.15, 0.2) is 67.0 Å². The summed E-state index contributed by atoms with van der Waals surface area (Å²) in [4.78, 5) is 16.6. The zero-order valence-corrected chi connectivity index (χ0v) is 20.6. The smallest absolute Gasteiger partial charge is 0.422 e. The molecule has 1 aliphatic heterocycles. The summed E-state index contributed by atoms with van der Waals surface area (Å²) in [7, 11) is 0. The second-order valence-electron chi connectivity index (χ2n) is 9.52. The lowest BCUT2D eigenvalue weighted by Crippen LogP contribution is -2.52. The van der Waals surface area contributed by atoms with Crippen LogP contribution in [-0.4, -0.2) is 54.5 Å². The molecule has 0 saturated carbocycles. The van der Waals surface area contributed by atoms with Crippen LogP contribution < -0.4 is 0 Å². The highest BCUT2D eigenvalue weighted by Gasteiger charge is 2.57. The highest BCUT2D eigenvalue weighted by molar-refractivity contribution is 5.86. The molecule has 1 atom stereocenters. The van der Waals surface area contributed by atoms with Gasteiger partial charge in [0, 0.05) is 55.6 Å². The molecule has 3 heterocycles. The van der Waals surface area contributed by atoms with E-state index in [1.165, 1.54) is 35.4 Å². The molecule has 2 aromatic heterocycles. The molecule has 0 spiro atoms. The van der Waals surface area contributed by atoms with Crippen molar-refractivity contribution in [2.45, 2.75) is 31.4 Å². The van der Waals surface area contributed by atoms with E-state index >= 15 is 0 Å². The summed E-state index contributed by atoms with van der Waals surface area (Å²) in [5.41, 5.74) is -1.54. The standard InChI is InChI=1S/C28H24F3N5O3/c29-28(30,31)27(39,18-34-10-11-35-15-21(7-9-26(37)38)33-25(35)17-34)23-16-36(14-19-4-2-1-3-5-19)24-12-20(13-32)6-8-22(23)24/h1-9,12,15-16,39H,10-11,14,17-18H2,(H,37,38). The molecule has 0 amide bonds. The average Bonchev–Trinajstić information content (AvgIpc) is 3.48. The molecule has 1 unspecified atom stereocenters. The number of aliphatic carboxylic acids is 1. The van der Waals surface area contributed by atoms with Gasteiger partial charge in [0.1, 0.15) is 5.82 Å². The number of carbonyl (C=O) groups is 1. The SMILES string of the molecule is N#Cc1ccc2c(C(O)(CN3CCn4cc(C=CC(=O)O)nc4C3)C(F)(F)F)cn(Cc3ccccc3)c2c1. The molecule has 5 rings (SSSR count). The fourth-order valence-electron chi connectivity index (χ4n) is 4.95. The number of alkyl halides is 3. The molecule has 0 saturated heterocycles. The monoisotopic (exact) mass is 535 g/mol. The van der Waals surface area contributed by atoms with E-state index in [9.17, 15) is 28.3 Å². The maximum absolute atomic E-state index is 14.7. The van der Waals surface area contributed by atoms with Crippen molar-refractivity contribution >= 4 is 22.9 Å². The third-order valence-corrected chi connectivity index (χ3v) is 6.87. The maximum Gasteiger partial charge on any atom is 0.422 e. The minimum atomic E-state index is -5.00. The Bertz CT molecular complexity index is 1600. The highest BCUT2D eigenvalue weighted by atomic mass is 19.4. The number of rotatable bonds is 7. The molecule has 200 valence electrons. The van der Waals surface area contributed by atoms with Crippen molar-refractivity contribution in [2.24, 2.45) is 0 Å². The minimum Gasteiger partial charge on any atom is -0.478 e. The van der Waals surface area contributed by atoms with E-state index in [4.69, 9.17) is 5.11 Å². The first-order valence-electron chi connectivity index (χ1n) is 12.1. The molecule has 11 heteroatoms. The topological polar surface area (TPSA) is 107 Å². The van der Waals surface area contributed by atoms with Crippen LogP contribution in [0.2, 0.25) is 0 Å². The number of hydrogen-bond donors (Lipinski definition) is 2. The van der Waals surface area contributed by atoms with Crippen molar-refractivity contribution in [3.63, 3.8) is 0 Å². The lowest BCUT2D eigenvalue weighted by molar-refractivity contribution is -0.272. The van der Waals surface area contributed by atoms with Gasteiger partial charge in [-0.2, -0.15) is 18.4 Å². The van der Waals surface area contributed by atoms with Crippen molar-refractivity contribution in [1.29, 1.82) is 5.26 Å². The van der Waals surface area contributed by atoms with Gasteiger partial charge in [-0.3, -0.25) is 4.90 Å². The van der Waals surface area contributed by atoms with Crippen LogP contribution in [0.5, 0.6) is 0 Å². The zero-order chi connectivity index (χ0) is 27.8. The number of hydrogen-bond acceptors (Lipinski definition) is 5. The summed E-state index contributed by atoms with van der Waals surface area (Å²) in [5, 5.41) is 29.9. The summed E-state index contributed by atoms with van der Waals surface area (Å²) < 4.78 is 47.5. The van der Waals surface area contributed by atoms with E-state index in [2.05, 4.69) is 4.98 Å². The quantitative estimate of drug-likeness (QED) is 0.345. The summed E-state index contributed by atoms with van der Waals surface area (Å²) in [6.07, 6.45) is 0.228. The number of imidazole rings is 1. The molecule has 2 aromatic carbocycles. The Morgan fingerprint density at radius 3 is 2.59 bits per heavy atom. The molecular formula is C28H24F3N5O3. The molecule has 0 fully saturated rings. The molecule has 0 bridgehead atoms. The number of carboxylic acid groups (broad SMARTS) is 1. The van der Waals surface area contributed by atoms with Crippen LogP contribution in [0.4, 0.5) is 13.2 Å². The number of aliphatic hydroxyl groups is 1. The highest BCUT2D eigenvalue weighted by Crippen LogP contribution is 2.44. The van der Waals surface area contributed by atoms with Crippen molar-refractivity contribution in [2.75, 3.05) is 13.1 Å². The van der Waals surface area contributed by atoms with Crippen molar-refractivity contribution in [1.82, 2.24) is 19.0 Å². The largest absolute Gasteiger partial charge is 0.478 e. The van der Waals surface area contributed by atoms with Crippen LogP contribution in [0, 0.1) is 11.3 Å². The fourth-order valence-corrected chi connectivity index (χ4v) is 4.95. The number of benzene rings is 2. The second kappa shape index (κ2) is 10.1. The van der Waals surface area contributed by atoms with Gasteiger partial charge < -0.3 is 19.3 Å². The summed E-state index contributed by atoms with van der Waals surface area (Å²) >= 11 is 0. The molecule has 39 heavy (non-hydrogen) atoms. The molecule has 0 radical (unpaired) electrons. The van der Waals surface area contributed by atoms with Gasteiger partial charge in [0.2, 0.25) is 5.60 Å². The number of aromatic nitrogens is 3. The Hall–Kier alpha value is -4.40. The summed E-state index contributed by atoms with van der Waals surface area (Å²) in [5.74, 6) is -0.660. The molecule has 4 aromatic rings. The van der Waals surface area contributed by atoms with E-state index in [-0.39, 0.29) is 30.6 Å². The Balaban J connectivity index is 1.52.